The lowest BCUT2D eigenvalue weighted by Crippen LogP contribution is -2.47. The summed E-state index contributed by atoms with van der Waals surface area (Å²) in [5.41, 5.74) is 1.07. The Labute approximate surface area is 247 Å². The highest BCUT2D eigenvalue weighted by molar-refractivity contribution is 7.89. The number of pyridine rings is 1. The van der Waals surface area contributed by atoms with Gasteiger partial charge in [-0.1, -0.05) is 24.3 Å². The number of hydrogen-bond donors (Lipinski definition) is 3. The number of hydrogen-bond acceptors (Lipinski definition) is 9. The molecule has 13 heteroatoms. The normalized spacial score (nSPS) is 20.0. The second kappa shape index (κ2) is 12.8. The molecule has 2 unspecified atom stereocenters. The van der Waals surface area contributed by atoms with Crippen molar-refractivity contribution in [2.24, 2.45) is 0 Å². The first-order valence-electron chi connectivity index (χ1n) is 13.8. The van der Waals surface area contributed by atoms with Crippen molar-refractivity contribution < 1.29 is 31.4 Å². The molecule has 2 aromatic carbocycles. The first kappa shape index (κ1) is 30.5. The summed E-state index contributed by atoms with van der Waals surface area (Å²) >= 11 is 0. The zero-order valence-corrected chi connectivity index (χ0v) is 25.0. The van der Waals surface area contributed by atoms with Crippen LogP contribution in [0.3, 0.4) is 0 Å². The van der Waals surface area contributed by atoms with Crippen LogP contribution in [0.4, 0.5) is 0 Å². The van der Waals surface area contributed by atoms with Crippen LogP contribution in [0.15, 0.2) is 82.7 Å². The van der Waals surface area contributed by atoms with Gasteiger partial charge in [0.05, 0.1) is 27.7 Å². The molecule has 2 saturated heterocycles. The van der Waals surface area contributed by atoms with Gasteiger partial charge in [-0.2, -0.15) is 4.31 Å². The minimum atomic E-state index is -3.67. The molecule has 1 spiro atoms. The van der Waals surface area contributed by atoms with Crippen molar-refractivity contribution in [2.75, 3.05) is 39.9 Å². The number of piperidine rings is 1. The molecule has 226 valence electrons. The molecule has 0 radical (unpaired) electrons. The van der Waals surface area contributed by atoms with Crippen LogP contribution in [0, 0.1) is 0 Å². The van der Waals surface area contributed by atoms with Crippen LogP contribution in [0.2, 0.25) is 0 Å². The Balaban J connectivity index is 1.10. The van der Waals surface area contributed by atoms with Crippen LogP contribution in [0.5, 0.6) is 5.75 Å². The number of nitrogens with one attached hydrogen (secondary N) is 2. The summed E-state index contributed by atoms with van der Waals surface area (Å²) in [6.07, 6.45) is 2.75. The van der Waals surface area contributed by atoms with Gasteiger partial charge in [-0.3, -0.25) is 4.98 Å². The van der Waals surface area contributed by atoms with E-state index in [-0.39, 0.29) is 29.0 Å². The lowest BCUT2D eigenvalue weighted by atomic mass is 9.88. The lowest BCUT2D eigenvalue weighted by molar-refractivity contribution is -0.0312. The Hall–Kier alpha value is -2.91. The van der Waals surface area contributed by atoms with Crippen LogP contribution in [0.25, 0.3) is 11.3 Å². The second-order valence-electron chi connectivity index (χ2n) is 10.6. The molecule has 42 heavy (non-hydrogen) atoms. The Bertz CT molecular complexity index is 1580. The minimum Gasteiger partial charge on any atom is -0.491 e. The standard InChI is InChI=1S/C29H36N4O7S2/c1-30-41(35,36)26-8-5-7-25(17-26)39-21-24(34)19-32-23-18-29(40-20-23)11-14-33(15-12-29)42(37,38)27-9-4-6-22(16-27)28-10-2-3-13-31-28/h2-10,13,16-17,23-24,30,32,34H,11-12,14-15,18-21H2,1H3. The highest BCUT2D eigenvalue weighted by Crippen LogP contribution is 2.37. The highest BCUT2D eigenvalue weighted by Gasteiger charge is 2.44. The largest absolute Gasteiger partial charge is 0.491 e. The van der Waals surface area contributed by atoms with Crippen molar-refractivity contribution in [3.8, 4) is 17.0 Å². The summed E-state index contributed by atoms with van der Waals surface area (Å²) in [7, 11) is -5.92. The van der Waals surface area contributed by atoms with E-state index in [0.717, 1.165) is 11.3 Å². The molecule has 3 heterocycles. The van der Waals surface area contributed by atoms with Crippen LogP contribution < -0.4 is 14.8 Å². The average Bonchev–Trinajstić information content (AvgIpc) is 3.41. The SMILES string of the molecule is CNS(=O)(=O)c1cccc(OCC(O)CNC2COC3(CCN(S(=O)(=O)c4cccc(-c5ccccn5)c4)CC3)C2)c1. The number of sulfonamides is 2. The summed E-state index contributed by atoms with van der Waals surface area (Å²) in [5.74, 6) is 0.346. The van der Waals surface area contributed by atoms with E-state index >= 15 is 0 Å². The maximum Gasteiger partial charge on any atom is 0.243 e. The molecule has 2 atom stereocenters. The number of benzene rings is 2. The van der Waals surface area contributed by atoms with Crippen molar-refractivity contribution in [3.63, 3.8) is 0 Å². The van der Waals surface area contributed by atoms with Gasteiger partial charge >= 0.3 is 0 Å². The molecule has 2 fully saturated rings. The van der Waals surface area contributed by atoms with Crippen LogP contribution in [0.1, 0.15) is 19.3 Å². The first-order chi connectivity index (χ1) is 20.1. The van der Waals surface area contributed by atoms with Crippen LogP contribution in [-0.4, -0.2) is 88.9 Å². The van der Waals surface area contributed by atoms with Crippen LogP contribution >= 0.6 is 0 Å². The molecule has 2 aliphatic rings. The first-order valence-corrected chi connectivity index (χ1v) is 16.8. The fraction of sp³-hybridized carbons (Fsp3) is 0.414. The molecule has 0 aliphatic carbocycles. The van der Waals surface area contributed by atoms with Gasteiger partial charge in [-0.15, -0.1) is 0 Å². The molecule has 1 aromatic heterocycles. The molecule has 2 aliphatic heterocycles. The summed E-state index contributed by atoms with van der Waals surface area (Å²) < 4.78 is 66.4. The van der Waals surface area contributed by atoms with Crippen molar-refractivity contribution >= 4 is 20.0 Å². The maximum absolute atomic E-state index is 13.4. The van der Waals surface area contributed by atoms with E-state index in [0.29, 0.717) is 44.7 Å². The predicted octanol–water partition coefficient (Wildman–Crippen LogP) is 2.00. The van der Waals surface area contributed by atoms with Crippen LogP contribution in [-0.2, 0) is 24.8 Å². The molecule has 0 amide bonds. The van der Waals surface area contributed by atoms with Crippen molar-refractivity contribution in [2.45, 2.75) is 46.8 Å². The Morgan fingerprint density at radius 2 is 1.81 bits per heavy atom. The third-order valence-electron chi connectivity index (χ3n) is 7.74. The quantitative estimate of drug-likeness (QED) is 0.294. The molecule has 3 aromatic rings. The van der Waals surface area contributed by atoms with Gasteiger partial charge < -0.3 is 19.9 Å². The molecule has 0 bridgehead atoms. The van der Waals surface area contributed by atoms with Crippen molar-refractivity contribution in [1.82, 2.24) is 19.3 Å². The van der Waals surface area contributed by atoms with E-state index in [1.165, 1.54) is 23.5 Å². The number of rotatable bonds is 11. The number of aromatic nitrogens is 1. The molecule has 5 rings (SSSR count). The topological polar surface area (TPSA) is 147 Å². The van der Waals surface area contributed by atoms with Gasteiger partial charge in [0.15, 0.2) is 0 Å². The Morgan fingerprint density at radius 3 is 2.55 bits per heavy atom. The highest BCUT2D eigenvalue weighted by atomic mass is 32.2. The predicted molar refractivity (Wildman–Crippen MR) is 157 cm³/mol. The Morgan fingerprint density at radius 1 is 1.05 bits per heavy atom. The van der Waals surface area contributed by atoms with E-state index < -0.39 is 31.8 Å². The third-order valence-corrected chi connectivity index (χ3v) is 11.1. The molecular weight excluding hydrogens is 580 g/mol. The zero-order chi connectivity index (χ0) is 29.8. The summed E-state index contributed by atoms with van der Waals surface area (Å²) in [4.78, 5) is 4.66. The van der Waals surface area contributed by atoms with E-state index in [1.807, 2.05) is 24.3 Å². The summed E-state index contributed by atoms with van der Waals surface area (Å²) in [6.45, 7) is 1.45. The average molecular weight is 617 g/mol. The fourth-order valence-corrected chi connectivity index (χ4v) is 7.61. The third kappa shape index (κ3) is 7.00. The molecule has 11 nitrogen and oxygen atoms in total. The smallest absolute Gasteiger partial charge is 0.243 e. The number of aliphatic hydroxyl groups excluding tert-OH is 1. The zero-order valence-electron chi connectivity index (χ0n) is 23.3. The lowest BCUT2D eigenvalue weighted by Gasteiger charge is -2.38. The minimum absolute atomic E-state index is 0.0108. The van der Waals surface area contributed by atoms with E-state index in [4.69, 9.17) is 9.47 Å². The molecule has 3 N–H and O–H groups in total. The van der Waals surface area contributed by atoms with Gasteiger partial charge in [-0.25, -0.2) is 21.6 Å². The fourth-order valence-electron chi connectivity index (χ4n) is 5.36. The summed E-state index contributed by atoms with van der Waals surface area (Å²) in [6, 6.07) is 18.5. The number of nitrogens with zero attached hydrogens (tertiary/aromatic N) is 2. The van der Waals surface area contributed by atoms with E-state index in [1.54, 1.807) is 36.5 Å². The van der Waals surface area contributed by atoms with Gasteiger partial charge in [-0.05, 0) is 62.7 Å². The number of aliphatic hydroxyl groups is 1. The van der Waals surface area contributed by atoms with Crippen molar-refractivity contribution in [3.05, 3.63) is 72.9 Å². The van der Waals surface area contributed by atoms with E-state index in [2.05, 4.69) is 15.0 Å². The molecule has 0 saturated carbocycles. The second-order valence-corrected chi connectivity index (χ2v) is 14.4. The Kier molecular flexibility index (Phi) is 9.28. The van der Waals surface area contributed by atoms with Crippen molar-refractivity contribution in [1.29, 1.82) is 0 Å². The van der Waals surface area contributed by atoms with Gasteiger partial charge in [0.1, 0.15) is 18.5 Å². The summed E-state index contributed by atoms with van der Waals surface area (Å²) in [5, 5.41) is 13.8. The number of ether oxygens (including phenoxy) is 2. The molecular formula is C29H36N4O7S2. The monoisotopic (exact) mass is 616 g/mol. The van der Waals surface area contributed by atoms with Gasteiger partial charge in [0, 0.05) is 43.5 Å². The van der Waals surface area contributed by atoms with E-state index in [9.17, 15) is 21.9 Å². The van der Waals surface area contributed by atoms with Gasteiger partial charge in [0.25, 0.3) is 0 Å². The van der Waals surface area contributed by atoms with Gasteiger partial charge in [0.2, 0.25) is 20.0 Å². The maximum atomic E-state index is 13.4.